The Hall–Kier alpha value is -1.57. The highest BCUT2D eigenvalue weighted by Crippen LogP contribution is 2.49. The quantitative estimate of drug-likeness (QED) is 0.428. The van der Waals surface area contributed by atoms with E-state index in [2.05, 4.69) is 45.0 Å². The predicted octanol–water partition coefficient (Wildman–Crippen LogP) is 6.81. The lowest BCUT2D eigenvalue weighted by Gasteiger charge is -2.26. The summed E-state index contributed by atoms with van der Waals surface area (Å²) in [4.78, 5) is 0. The third-order valence-electron chi connectivity index (χ3n) is 4.59. The summed E-state index contributed by atoms with van der Waals surface area (Å²) < 4.78 is 24.4. The Balaban J connectivity index is 2.16. The van der Waals surface area contributed by atoms with E-state index in [0.29, 0.717) is 18.5 Å². The van der Waals surface area contributed by atoms with Gasteiger partial charge in [-0.2, -0.15) is 0 Å². The van der Waals surface area contributed by atoms with Crippen LogP contribution < -0.4 is 4.52 Å². The fraction of sp³-hybridized carbons (Fsp3) is 0.455. The van der Waals surface area contributed by atoms with Crippen LogP contribution >= 0.6 is 7.60 Å². The van der Waals surface area contributed by atoms with E-state index in [4.69, 9.17) is 9.05 Å². The van der Waals surface area contributed by atoms with Gasteiger partial charge in [0.25, 0.3) is 0 Å². The zero-order chi connectivity index (χ0) is 19.0. The molecular weight excluding hydrogens is 343 g/mol. The largest absolute Gasteiger partial charge is 0.424 e. The van der Waals surface area contributed by atoms with E-state index >= 15 is 0 Å². The second-order valence-corrected chi connectivity index (χ2v) is 9.24. The van der Waals surface area contributed by atoms with Crippen molar-refractivity contribution in [1.82, 2.24) is 0 Å². The first-order chi connectivity index (χ1) is 12.4. The molecule has 0 saturated carbocycles. The van der Waals surface area contributed by atoms with Crippen molar-refractivity contribution in [2.45, 2.75) is 52.4 Å². The van der Waals surface area contributed by atoms with Crippen molar-refractivity contribution in [2.24, 2.45) is 0 Å². The first-order valence-corrected chi connectivity index (χ1v) is 11.2. The van der Waals surface area contributed by atoms with Crippen molar-refractivity contribution in [3.05, 3.63) is 65.7 Å². The molecule has 1 atom stereocenters. The van der Waals surface area contributed by atoms with E-state index in [1.54, 1.807) is 0 Å². The number of hydrogen-bond donors (Lipinski definition) is 0. The van der Waals surface area contributed by atoms with Gasteiger partial charge in [0.1, 0.15) is 5.75 Å². The van der Waals surface area contributed by atoms with Gasteiger partial charge in [-0.1, -0.05) is 76.6 Å². The lowest BCUT2D eigenvalue weighted by Crippen LogP contribution is -2.18. The Morgan fingerprint density at radius 2 is 1.50 bits per heavy atom. The Morgan fingerprint density at radius 1 is 0.885 bits per heavy atom. The molecule has 0 aliphatic heterocycles. The molecule has 0 aromatic heterocycles. The van der Waals surface area contributed by atoms with Crippen LogP contribution in [0.25, 0.3) is 0 Å². The molecule has 2 rings (SSSR count). The van der Waals surface area contributed by atoms with Gasteiger partial charge in [-0.15, -0.1) is 0 Å². The Kier molecular flexibility index (Phi) is 7.49. The van der Waals surface area contributed by atoms with Crippen molar-refractivity contribution >= 4 is 7.60 Å². The number of hydrogen-bond acceptors (Lipinski definition) is 3. The highest BCUT2D eigenvalue weighted by Gasteiger charge is 2.26. The molecule has 0 heterocycles. The molecule has 2 aromatic carbocycles. The summed E-state index contributed by atoms with van der Waals surface area (Å²) >= 11 is 0. The first-order valence-electron chi connectivity index (χ1n) is 9.50. The van der Waals surface area contributed by atoms with Gasteiger partial charge in [0.15, 0.2) is 0 Å². The molecule has 0 fully saturated rings. The molecule has 142 valence electrons. The van der Waals surface area contributed by atoms with Gasteiger partial charge in [-0.25, -0.2) is 4.57 Å². The molecule has 0 radical (unpaired) electrons. The highest BCUT2D eigenvalue weighted by atomic mass is 31.2. The minimum Gasteiger partial charge on any atom is -0.424 e. The van der Waals surface area contributed by atoms with Crippen LogP contribution in [0.2, 0.25) is 0 Å². The van der Waals surface area contributed by atoms with Crippen molar-refractivity contribution in [2.75, 3.05) is 12.8 Å². The summed E-state index contributed by atoms with van der Waals surface area (Å²) in [6.07, 6.45) is 3.08. The molecule has 2 aromatic rings. The van der Waals surface area contributed by atoms with E-state index in [-0.39, 0.29) is 5.41 Å². The molecule has 4 heteroatoms. The molecule has 0 amide bonds. The second-order valence-electron chi connectivity index (χ2n) is 7.13. The molecule has 0 aliphatic rings. The topological polar surface area (TPSA) is 35.5 Å². The minimum absolute atomic E-state index is 0.107. The lowest BCUT2D eigenvalue weighted by atomic mass is 9.78. The third kappa shape index (κ3) is 5.46. The lowest BCUT2D eigenvalue weighted by molar-refractivity contribution is 0.264. The standard InChI is InChI=1S/C22H31O3P/c1-5-7-18-26(23,24-17-6-2)25-21-15-13-20(14-16-21)22(3,4)19-11-9-8-10-12-19/h8-16H,5-7,17-18H2,1-4H3. The second kappa shape index (κ2) is 9.39. The average Bonchev–Trinajstić information content (AvgIpc) is 2.66. The van der Waals surface area contributed by atoms with Crippen LogP contribution in [0.1, 0.15) is 58.1 Å². The number of rotatable bonds is 10. The molecule has 0 spiro atoms. The van der Waals surface area contributed by atoms with Crippen molar-refractivity contribution < 1.29 is 13.6 Å². The zero-order valence-electron chi connectivity index (χ0n) is 16.4. The van der Waals surface area contributed by atoms with Gasteiger partial charge < -0.3 is 4.52 Å². The summed E-state index contributed by atoms with van der Waals surface area (Å²) in [6, 6.07) is 18.3. The third-order valence-corrected chi connectivity index (χ3v) is 6.52. The van der Waals surface area contributed by atoms with Crippen LogP contribution in [0.4, 0.5) is 0 Å². The average molecular weight is 374 g/mol. The van der Waals surface area contributed by atoms with Gasteiger partial charge in [-0.05, 0) is 36.1 Å². The molecule has 0 aliphatic carbocycles. The summed E-state index contributed by atoms with van der Waals surface area (Å²) in [7, 11) is -3.09. The maximum absolute atomic E-state index is 13.0. The fourth-order valence-electron chi connectivity index (χ4n) is 2.83. The fourth-order valence-corrected chi connectivity index (χ4v) is 4.71. The number of benzene rings is 2. The van der Waals surface area contributed by atoms with E-state index in [9.17, 15) is 4.57 Å². The molecule has 26 heavy (non-hydrogen) atoms. The summed E-state index contributed by atoms with van der Waals surface area (Å²) in [5.41, 5.74) is 2.34. The summed E-state index contributed by atoms with van der Waals surface area (Å²) in [5.74, 6) is 0.605. The highest BCUT2D eigenvalue weighted by molar-refractivity contribution is 7.54. The maximum Gasteiger partial charge on any atom is 0.379 e. The normalized spacial score (nSPS) is 14.0. The molecule has 3 nitrogen and oxygen atoms in total. The first kappa shape index (κ1) is 20.7. The molecule has 0 saturated heterocycles. The monoisotopic (exact) mass is 374 g/mol. The van der Waals surface area contributed by atoms with Crippen LogP contribution in [0.15, 0.2) is 54.6 Å². The minimum atomic E-state index is -3.09. The van der Waals surface area contributed by atoms with E-state index in [1.165, 1.54) is 11.1 Å². The van der Waals surface area contributed by atoms with E-state index in [0.717, 1.165) is 19.3 Å². The van der Waals surface area contributed by atoms with Crippen molar-refractivity contribution in [1.29, 1.82) is 0 Å². The van der Waals surface area contributed by atoms with Crippen LogP contribution in [-0.4, -0.2) is 12.8 Å². The van der Waals surface area contributed by atoms with Crippen LogP contribution in [0.3, 0.4) is 0 Å². The molecule has 0 N–H and O–H groups in total. The summed E-state index contributed by atoms with van der Waals surface area (Å²) in [6.45, 7) is 8.94. The molecule has 0 bridgehead atoms. The Labute approximate surface area is 158 Å². The van der Waals surface area contributed by atoms with Crippen molar-refractivity contribution in [3.63, 3.8) is 0 Å². The van der Waals surface area contributed by atoms with Gasteiger partial charge in [0.2, 0.25) is 0 Å². The van der Waals surface area contributed by atoms with E-state index < -0.39 is 7.60 Å². The summed E-state index contributed by atoms with van der Waals surface area (Å²) in [5, 5.41) is 0. The Morgan fingerprint density at radius 3 is 2.08 bits per heavy atom. The van der Waals surface area contributed by atoms with Crippen LogP contribution in [-0.2, 0) is 14.5 Å². The van der Waals surface area contributed by atoms with Crippen molar-refractivity contribution in [3.8, 4) is 5.75 Å². The SMILES string of the molecule is CCCCP(=O)(OCCC)Oc1ccc(C(C)(C)c2ccccc2)cc1. The molecular formula is C22H31O3P. The van der Waals surface area contributed by atoms with Crippen LogP contribution in [0.5, 0.6) is 5.75 Å². The van der Waals surface area contributed by atoms with Gasteiger partial charge >= 0.3 is 7.60 Å². The maximum atomic E-state index is 13.0. The van der Waals surface area contributed by atoms with Gasteiger partial charge in [0.05, 0.1) is 12.8 Å². The smallest absolute Gasteiger partial charge is 0.379 e. The predicted molar refractivity (Wildman–Crippen MR) is 109 cm³/mol. The van der Waals surface area contributed by atoms with Gasteiger partial charge in [0, 0.05) is 5.41 Å². The van der Waals surface area contributed by atoms with Gasteiger partial charge in [-0.3, -0.25) is 4.52 Å². The Bertz CT molecular complexity index is 696. The zero-order valence-corrected chi connectivity index (χ0v) is 17.3. The van der Waals surface area contributed by atoms with Crippen LogP contribution in [0, 0.1) is 0 Å². The number of unbranched alkanes of at least 4 members (excludes halogenated alkanes) is 1. The molecule has 1 unspecified atom stereocenters. The van der Waals surface area contributed by atoms with E-state index in [1.807, 2.05) is 37.3 Å².